The van der Waals surface area contributed by atoms with E-state index in [9.17, 15) is 8.78 Å². The van der Waals surface area contributed by atoms with E-state index in [-0.39, 0.29) is 5.75 Å². The number of aryl methyl sites for hydroxylation is 1. The van der Waals surface area contributed by atoms with Crippen LogP contribution < -0.4 is 15.4 Å². The fourth-order valence-corrected chi connectivity index (χ4v) is 2.81. The SMILES string of the molecule is CCN(CCNC(=NC)NCc1cc(C)ccc1OC(F)F)C1CC1. The first kappa shape index (κ1) is 19.4. The van der Waals surface area contributed by atoms with E-state index >= 15 is 0 Å². The van der Waals surface area contributed by atoms with Crippen LogP contribution in [-0.4, -0.2) is 50.2 Å². The van der Waals surface area contributed by atoms with Crippen molar-refractivity contribution in [3.63, 3.8) is 0 Å². The number of likely N-dealkylation sites (N-methyl/N-ethyl adjacent to an activating group) is 1. The standard InChI is InChI=1S/C18H28F2N4O/c1-4-24(15-6-7-15)10-9-22-18(21-3)23-12-14-11-13(2)5-8-16(14)25-17(19)20/h5,8,11,15,17H,4,6-7,9-10,12H2,1-3H3,(H2,21,22,23). The second kappa shape index (κ2) is 9.56. The van der Waals surface area contributed by atoms with Crippen molar-refractivity contribution in [3.05, 3.63) is 29.3 Å². The number of ether oxygens (including phenoxy) is 1. The van der Waals surface area contributed by atoms with Crippen LogP contribution in [-0.2, 0) is 6.54 Å². The molecule has 0 spiro atoms. The molecule has 0 unspecified atom stereocenters. The first-order valence-electron chi connectivity index (χ1n) is 8.76. The lowest BCUT2D eigenvalue weighted by atomic mass is 10.1. The maximum absolute atomic E-state index is 12.5. The highest BCUT2D eigenvalue weighted by molar-refractivity contribution is 5.79. The highest BCUT2D eigenvalue weighted by atomic mass is 19.3. The molecule has 0 atom stereocenters. The Bertz CT molecular complexity index is 576. The predicted molar refractivity (Wildman–Crippen MR) is 96.3 cm³/mol. The summed E-state index contributed by atoms with van der Waals surface area (Å²) in [4.78, 5) is 6.64. The van der Waals surface area contributed by atoms with Crippen molar-refractivity contribution in [2.75, 3.05) is 26.7 Å². The van der Waals surface area contributed by atoms with Gasteiger partial charge in [0.05, 0.1) is 0 Å². The van der Waals surface area contributed by atoms with E-state index in [2.05, 4.69) is 32.2 Å². The zero-order valence-electron chi connectivity index (χ0n) is 15.2. The van der Waals surface area contributed by atoms with Gasteiger partial charge in [-0.25, -0.2) is 0 Å². The number of nitrogens with one attached hydrogen (secondary N) is 2. The van der Waals surface area contributed by atoms with Crippen LogP contribution in [0.2, 0.25) is 0 Å². The zero-order chi connectivity index (χ0) is 18.2. The molecule has 1 aromatic rings. The normalized spacial score (nSPS) is 14.9. The van der Waals surface area contributed by atoms with Crippen molar-refractivity contribution in [1.82, 2.24) is 15.5 Å². The van der Waals surface area contributed by atoms with Gasteiger partial charge in [0.25, 0.3) is 0 Å². The zero-order valence-corrected chi connectivity index (χ0v) is 15.2. The Morgan fingerprint density at radius 3 is 2.72 bits per heavy atom. The molecule has 1 saturated carbocycles. The molecule has 0 amide bonds. The molecule has 1 aliphatic rings. The molecule has 25 heavy (non-hydrogen) atoms. The van der Waals surface area contributed by atoms with Gasteiger partial charge in [-0.3, -0.25) is 9.89 Å². The number of nitrogens with zero attached hydrogens (tertiary/aromatic N) is 2. The van der Waals surface area contributed by atoms with Crippen molar-refractivity contribution < 1.29 is 13.5 Å². The Labute approximate surface area is 148 Å². The second-order valence-electron chi connectivity index (χ2n) is 6.20. The van der Waals surface area contributed by atoms with E-state index in [1.807, 2.05) is 13.0 Å². The van der Waals surface area contributed by atoms with Gasteiger partial charge in [0.2, 0.25) is 0 Å². The molecule has 0 aromatic heterocycles. The number of hydrogen-bond acceptors (Lipinski definition) is 3. The highest BCUT2D eigenvalue weighted by Crippen LogP contribution is 2.25. The van der Waals surface area contributed by atoms with Crippen LogP contribution >= 0.6 is 0 Å². The first-order valence-corrected chi connectivity index (χ1v) is 8.76. The summed E-state index contributed by atoms with van der Waals surface area (Å²) in [6, 6.07) is 5.90. The van der Waals surface area contributed by atoms with Gasteiger partial charge in [0.1, 0.15) is 5.75 Å². The van der Waals surface area contributed by atoms with Gasteiger partial charge in [-0.2, -0.15) is 8.78 Å². The lowest BCUT2D eigenvalue weighted by molar-refractivity contribution is -0.0504. The Kier molecular flexibility index (Phi) is 7.43. The van der Waals surface area contributed by atoms with Crippen LogP contribution in [0.15, 0.2) is 23.2 Å². The number of halogens is 2. The van der Waals surface area contributed by atoms with Gasteiger partial charge in [0, 0.05) is 38.3 Å². The topological polar surface area (TPSA) is 48.9 Å². The number of alkyl halides is 2. The Morgan fingerprint density at radius 2 is 2.12 bits per heavy atom. The van der Waals surface area contributed by atoms with Crippen LogP contribution in [0.1, 0.15) is 30.9 Å². The molecule has 140 valence electrons. The van der Waals surface area contributed by atoms with Gasteiger partial charge < -0.3 is 15.4 Å². The third-order valence-corrected chi connectivity index (χ3v) is 4.26. The van der Waals surface area contributed by atoms with Gasteiger partial charge in [-0.05, 0) is 32.4 Å². The second-order valence-corrected chi connectivity index (χ2v) is 6.20. The summed E-state index contributed by atoms with van der Waals surface area (Å²) < 4.78 is 29.6. The number of rotatable bonds is 9. The smallest absolute Gasteiger partial charge is 0.387 e. The average molecular weight is 354 g/mol. The number of aliphatic imine (C=N–C) groups is 1. The summed E-state index contributed by atoms with van der Waals surface area (Å²) in [5, 5.41) is 6.43. The molecule has 0 bridgehead atoms. The van der Waals surface area contributed by atoms with Crippen molar-refractivity contribution in [3.8, 4) is 5.75 Å². The summed E-state index contributed by atoms with van der Waals surface area (Å²) in [6.07, 6.45) is 2.59. The minimum absolute atomic E-state index is 0.189. The van der Waals surface area contributed by atoms with E-state index in [0.717, 1.165) is 31.2 Å². The van der Waals surface area contributed by atoms with Crippen molar-refractivity contribution in [2.45, 2.75) is 45.9 Å². The maximum Gasteiger partial charge on any atom is 0.387 e. The quantitative estimate of drug-likeness (QED) is 0.529. The van der Waals surface area contributed by atoms with Crippen LogP contribution in [0.3, 0.4) is 0 Å². The Morgan fingerprint density at radius 1 is 1.36 bits per heavy atom. The molecule has 0 heterocycles. The van der Waals surface area contributed by atoms with E-state index < -0.39 is 6.61 Å². The predicted octanol–water partition coefficient (Wildman–Crippen LogP) is 2.75. The maximum atomic E-state index is 12.5. The van der Waals surface area contributed by atoms with Crippen LogP contribution in [0.4, 0.5) is 8.78 Å². The molecule has 0 saturated heterocycles. The molecule has 0 aliphatic heterocycles. The summed E-state index contributed by atoms with van der Waals surface area (Å²) in [5.74, 6) is 0.839. The molecule has 1 aliphatic carbocycles. The summed E-state index contributed by atoms with van der Waals surface area (Å²) in [5.41, 5.74) is 1.67. The van der Waals surface area contributed by atoms with Crippen LogP contribution in [0, 0.1) is 6.92 Å². The first-order chi connectivity index (χ1) is 12.0. The van der Waals surface area contributed by atoms with Crippen molar-refractivity contribution in [2.24, 2.45) is 4.99 Å². The molecular formula is C18H28F2N4O. The highest BCUT2D eigenvalue weighted by Gasteiger charge is 2.27. The molecule has 2 N–H and O–H groups in total. The van der Waals surface area contributed by atoms with Crippen molar-refractivity contribution >= 4 is 5.96 Å². The third-order valence-electron chi connectivity index (χ3n) is 4.26. The molecule has 5 nitrogen and oxygen atoms in total. The summed E-state index contributed by atoms with van der Waals surface area (Å²) in [6.45, 7) is 4.43. The molecule has 1 aromatic carbocycles. The minimum atomic E-state index is -2.83. The summed E-state index contributed by atoms with van der Waals surface area (Å²) in [7, 11) is 1.70. The Hall–Kier alpha value is -1.89. The lowest BCUT2D eigenvalue weighted by Gasteiger charge is -2.21. The summed E-state index contributed by atoms with van der Waals surface area (Å²) >= 11 is 0. The fourth-order valence-electron chi connectivity index (χ4n) is 2.81. The molecule has 0 radical (unpaired) electrons. The number of guanidine groups is 1. The number of hydrogen-bond donors (Lipinski definition) is 2. The van der Waals surface area contributed by atoms with E-state index in [0.29, 0.717) is 18.1 Å². The van der Waals surface area contributed by atoms with E-state index in [4.69, 9.17) is 0 Å². The molecular weight excluding hydrogens is 326 g/mol. The van der Waals surface area contributed by atoms with Crippen LogP contribution in [0.25, 0.3) is 0 Å². The third kappa shape index (κ3) is 6.49. The van der Waals surface area contributed by atoms with Gasteiger partial charge in [-0.15, -0.1) is 0 Å². The monoisotopic (exact) mass is 354 g/mol. The van der Waals surface area contributed by atoms with Crippen molar-refractivity contribution in [1.29, 1.82) is 0 Å². The van der Waals surface area contributed by atoms with E-state index in [1.165, 1.54) is 12.8 Å². The van der Waals surface area contributed by atoms with Gasteiger partial charge in [0.15, 0.2) is 5.96 Å². The fraction of sp³-hybridized carbons (Fsp3) is 0.611. The molecule has 2 rings (SSSR count). The van der Waals surface area contributed by atoms with Gasteiger partial charge in [-0.1, -0.05) is 24.6 Å². The molecule has 1 fully saturated rings. The van der Waals surface area contributed by atoms with E-state index in [1.54, 1.807) is 19.2 Å². The largest absolute Gasteiger partial charge is 0.434 e. The lowest BCUT2D eigenvalue weighted by Crippen LogP contribution is -2.41. The van der Waals surface area contributed by atoms with Gasteiger partial charge >= 0.3 is 6.61 Å². The average Bonchev–Trinajstić information content (AvgIpc) is 3.41. The minimum Gasteiger partial charge on any atom is -0.434 e. The van der Waals surface area contributed by atoms with Crippen LogP contribution in [0.5, 0.6) is 5.75 Å². The number of benzene rings is 1. The Balaban J connectivity index is 1.84. The molecule has 7 heteroatoms.